The lowest BCUT2D eigenvalue weighted by Crippen LogP contribution is -2.28. The Morgan fingerprint density at radius 2 is 2.00 bits per heavy atom. The van der Waals surface area contributed by atoms with Gasteiger partial charge in [-0.2, -0.15) is 0 Å². The lowest BCUT2D eigenvalue weighted by atomic mass is 9.97. The second kappa shape index (κ2) is 8.31. The minimum Gasteiger partial charge on any atom is -0.314 e. The van der Waals surface area contributed by atoms with Crippen LogP contribution in [0.15, 0.2) is 12.7 Å². The third kappa shape index (κ3) is 8.04. The maximum Gasteiger partial charge on any atom is 0.00104 e. The van der Waals surface area contributed by atoms with Crippen molar-refractivity contribution in [3.63, 3.8) is 0 Å². The van der Waals surface area contributed by atoms with Crippen LogP contribution in [0.2, 0.25) is 0 Å². The van der Waals surface area contributed by atoms with Crippen LogP contribution in [0, 0.1) is 5.92 Å². The van der Waals surface area contributed by atoms with Gasteiger partial charge in [0, 0.05) is 6.04 Å². The van der Waals surface area contributed by atoms with Gasteiger partial charge in [0.1, 0.15) is 0 Å². The predicted molar refractivity (Wildman–Crippen MR) is 61.0 cm³/mol. The summed E-state index contributed by atoms with van der Waals surface area (Å²) in [5.74, 6) is 0.838. The number of rotatable bonds is 8. The highest BCUT2D eigenvalue weighted by Gasteiger charge is 2.06. The van der Waals surface area contributed by atoms with Gasteiger partial charge >= 0.3 is 0 Å². The zero-order valence-corrected chi connectivity index (χ0v) is 9.47. The SMILES string of the molecule is C=CCCC(CCC)CNC(C)C. The fraction of sp³-hybridized carbons (Fsp3) is 0.833. The van der Waals surface area contributed by atoms with Gasteiger partial charge in [-0.05, 0) is 31.7 Å². The molecular formula is C12H25N. The van der Waals surface area contributed by atoms with Crippen LogP contribution in [0.5, 0.6) is 0 Å². The Hall–Kier alpha value is -0.300. The monoisotopic (exact) mass is 183 g/mol. The van der Waals surface area contributed by atoms with Crippen molar-refractivity contribution in [1.29, 1.82) is 0 Å². The van der Waals surface area contributed by atoms with Gasteiger partial charge in [0.2, 0.25) is 0 Å². The van der Waals surface area contributed by atoms with Crippen molar-refractivity contribution in [3.05, 3.63) is 12.7 Å². The molecule has 0 heterocycles. The van der Waals surface area contributed by atoms with Crippen LogP contribution < -0.4 is 5.32 Å². The molecule has 0 aliphatic heterocycles. The van der Waals surface area contributed by atoms with Crippen molar-refractivity contribution < 1.29 is 0 Å². The van der Waals surface area contributed by atoms with Crippen LogP contribution in [-0.2, 0) is 0 Å². The summed E-state index contributed by atoms with van der Waals surface area (Å²) in [6, 6.07) is 0.614. The lowest BCUT2D eigenvalue weighted by Gasteiger charge is -2.17. The first kappa shape index (κ1) is 12.7. The average Bonchev–Trinajstić information content (AvgIpc) is 2.09. The van der Waals surface area contributed by atoms with Crippen LogP contribution in [0.3, 0.4) is 0 Å². The Kier molecular flexibility index (Phi) is 8.11. The molecule has 0 bridgehead atoms. The zero-order chi connectivity index (χ0) is 10.1. The van der Waals surface area contributed by atoms with E-state index in [0.717, 1.165) is 12.3 Å². The van der Waals surface area contributed by atoms with E-state index in [1.807, 2.05) is 6.08 Å². The highest BCUT2D eigenvalue weighted by molar-refractivity contribution is 4.71. The molecule has 0 amide bonds. The molecule has 0 radical (unpaired) electrons. The molecule has 1 N–H and O–H groups in total. The summed E-state index contributed by atoms with van der Waals surface area (Å²) in [7, 11) is 0. The van der Waals surface area contributed by atoms with Gasteiger partial charge in [-0.1, -0.05) is 33.3 Å². The fourth-order valence-corrected chi connectivity index (χ4v) is 1.51. The Labute approximate surface area is 83.6 Å². The third-order valence-corrected chi connectivity index (χ3v) is 2.29. The van der Waals surface area contributed by atoms with Gasteiger partial charge in [0.25, 0.3) is 0 Å². The molecule has 1 heteroatoms. The van der Waals surface area contributed by atoms with E-state index >= 15 is 0 Å². The molecule has 78 valence electrons. The molecular weight excluding hydrogens is 158 g/mol. The van der Waals surface area contributed by atoms with E-state index in [1.165, 1.54) is 25.8 Å². The molecule has 0 aliphatic carbocycles. The normalized spacial score (nSPS) is 13.2. The van der Waals surface area contributed by atoms with E-state index in [4.69, 9.17) is 0 Å². The van der Waals surface area contributed by atoms with E-state index in [9.17, 15) is 0 Å². The van der Waals surface area contributed by atoms with Gasteiger partial charge in [-0.25, -0.2) is 0 Å². The molecule has 0 fully saturated rings. The Bertz CT molecular complexity index is 118. The molecule has 1 nitrogen and oxygen atoms in total. The van der Waals surface area contributed by atoms with Crippen LogP contribution in [-0.4, -0.2) is 12.6 Å². The van der Waals surface area contributed by atoms with Gasteiger partial charge in [0.05, 0.1) is 0 Å². The van der Waals surface area contributed by atoms with Gasteiger partial charge < -0.3 is 5.32 Å². The minimum absolute atomic E-state index is 0.614. The Morgan fingerprint density at radius 1 is 1.31 bits per heavy atom. The van der Waals surface area contributed by atoms with Gasteiger partial charge in [-0.15, -0.1) is 6.58 Å². The van der Waals surface area contributed by atoms with Crippen molar-refractivity contribution in [2.75, 3.05) is 6.54 Å². The quantitative estimate of drug-likeness (QED) is 0.569. The second-order valence-corrected chi connectivity index (χ2v) is 4.08. The maximum atomic E-state index is 3.77. The van der Waals surface area contributed by atoms with E-state index in [1.54, 1.807) is 0 Å². The molecule has 0 aromatic rings. The van der Waals surface area contributed by atoms with E-state index < -0.39 is 0 Å². The van der Waals surface area contributed by atoms with Crippen LogP contribution in [0.1, 0.15) is 46.5 Å². The summed E-state index contributed by atoms with van der Waals surface area (Å²) in [6.07, 6.45) is 7.11. The summed E-state index contributed by atoms with van der Waals surface area (Å²) in [6.45, 7) is 11.6. The van der Waals surface area contributed by atoms with Crippen molar-refractivity contribution >= 4 is 0 Å². The molecule has 1 unspecified atom stereocenters. The van der Waals surface area contributed by atoms with Crippen molar-refractivity contribution in [2.24, 2.45) is 5.92 Å². The average molecular weight is 183 g/mol. The topological polar surface area (TPSA) is 12.0 Å². The van der Waals surface area contributed by atoms with Crippen molar-refractivity contribution in [3.8, 4) is 0 Å². The molecule has 13 heavy (non-hydrogen) atoms. The summed E-state index contributed by atoms with van der Waals surface area (Å²) >= 11 is 0. The minimum atomic E-state index is 0.614. The molecule has 0 aliphatic rings. The maximum absolute atomic E-state index is 3.77. The molecule has 0 rings (SSSR count). The molecule has 0 aromatic carbocycles. The summed E-state index contributed by atoms with van der Waals surface area (Å²) in [5.41, 5.74) is 0. The highest BCUT2D eigenvalue weighted by Crippen LogP contribution is 2.12. The summed E-state index contributed by atoms with van der Waals surface area (Å²) in [4.78, 5) is 0. The first-order chi connectivity index (χ1) is 6.20. The van der Waals surface area contributed by atoms with Crippen molar-refractivity contribution in [1.82, 2.24) is 5.32 Å². The van der Waals surface area contributed by atoms with Crippen LogP contribution in [0.25, 0.3) is 0 Å². The number of hydrogen-bond acceptors (Lipinski definition) is 1. The number of allylic oxidation sites excluding steroid dienone is 1. The fourth-order valence-electron chi connectivity index (χ4n) is 1.51. The van der Waals surface area contributed by atoms with Gasteiger partial charge in [0.15, 0.2) is 0 Å². The Balaban J connectivity index is 3.59. The van der Waals surface area contributed by atoms with E-state index in [2.05, 4.69) is 32.7 Å². The lowest BCUT2D eigenvalue weighted by molar-refractivity contribution is 0.400. The summed E-state index contributed by atoms with van der Waals surface area (Å²) in [5, 5.41) is 3.50. The zero-order valence-electron chi connectivity index (χ0n) is 9.47. The molecule has 0 saturated carbocycles. The van der Waals surface area contributed by atoms with E-state index in [0.29, 0.717) is 6.04 Å². The molecule has 0 aromatic heterocycles. The van der Waals surface area contributed by atoms with Crippen molar-refractivity contribution in [2.45, 2.75) is 52.5 Å². The van der Waals surface area contributed by atoms with Gasteiger partial charge in [-0.3, -0.25) is 0 Å². The predicted octanol–water partition coefficient (Wildman–Crippen LogP) is 3.37. The van der Waals surface area contributed by atoms with Crippen LogP contribution >= 0.6 is 0 Å². The molecule has 0 saturated heterocycles. The third-order valence-electron chi connectivity index (χ3n) is 2.29. The Morgan fingerprint density at radius 3 is 2.46 bits per heavy atom. The van der Waals surface area contributed by atoms with E-state index in [-0.39, 0.29) is 0 Å². The number of hydrogen-bond donors (Lipinski definition) is 1. The first-order valence-corrected chi connectivity index (χ1v) is 5.55. The molecule has 0 spiro atoms. The second-order valence-electron chi connectivity index (χ2n) is 4.08. The highest BCUT2D eigenvalue weighted by atomic mass is 14.9. The summed E-state index contributed by atoms with van der Waals surface area (Å²) < 4.78 is 0. The standard InChI is InChI=1S/C12H25N/c1-5-7-9-12(8-6-2)10-13-11(3)4/h5,11-13H,1,6-10H2,2-4H3. The molecule has 1 atom stereocenters. The van der Waals surface area contributed by atoms with Crippen LogP contribution in [0.4, 0.5) is 0 Å². The number of nitrogens with one attached hydrogen (secondary N) is 1. The smallest absolute Gasteiger partial charge is 0.00104 e. The largest absolute Gasteiger partial charge is 0.314 e. The first-order valence-electron chi connectivity index (χ1n) is 5.55.